The van der Waals surface area contributed by atoms with Crippen molar-refractivity contribution in [2.45, 2.75) is 43.4 Å². The van der Waals surface area contributed by atoms with E-state index in [-0.39, 0.29) is 26.0 Å². The van der Waals surface area contributed by atoms with E-state index in [9.17, 15) is 22.9 Å². The van der Waals surface area contributed by atoms with E-state index in [4.69, 9.17) is 4.74 Å². The van der Waals surface area contributed by atoms with Crippen molar-refractivity contribution in [2.24, 2.45) is 5.41 Å². The molecule has 2 heterocycles. The van der Waals surface area contributed by atoms with Gasteiger partial charge in [0.05, 0.1) is 12.6 Å². The topological polar surface area (TPSA) is 99.5 Å². The number of nitrogens with zero attached hydrogens (tertiary/aromatic N) is 2. The molecule has 35 heavy (non-hydrogen) atoms. The molecule has 2 aromatic rings. The number of rotatable bonds is 7. The molecule has 1 amide bonds. The number of amides is 1. The number of benzene rings is 2. The first-order valence-electron chi connectivity index (χ1n) is 11.5. The fourth-order valence-corrected chi connectivity index (χ4v) is 6.15. The maximum absolute atomic E-state index is 15.7. The van der Waals surface area contributed by atoms with Crippen LogP contribution in [0.2, 0.25) is 0 Å². The Morgan fingerprint density at radius 3 is 2.46 bits per heavy atom. The highest BCUT2D eigenvalue weighted by molar-refractivity contribution is 7.89. The Hall–Kier alpha value is -2.87. The Kier molecular flexibility index (Phi) is 5.90. The van der Waals surface area contributed by atoms with Crippen LogP contribution in [-0.2, 0) is 26.0 Å². The fraction of sp³-hybridized carbons (Fsp3) is 0.440. The molecule has 0 radical (unpaired) electrons. The fourth-order valence-electron chi connectivity index (χ4n) is 5.30. The second kappa shape index (κ2) is 8.66. The van der Waals surface area contributed by atoms with E-state index in [1.165, 1.54) is 4.90 Å². The van der Waals surface area contributed by atoms with Crippen LogP contribution in [0.25, 0.3) is 11.1 Å². The second-order valence-corrected chi connectivity index (χ2v) is 11.3. The molecular weight excluding hydrogens is 476 g/mol. The molecular formula is C25H25F2N3O4S. The molecule has 1 saturated carbocycles. The van der Waals surface area contributed by atoms with Crippen LogP contribution in [0.4, 0.5) is 8.78 Å². The number of nitriles is 1. The van der Waals surface area contributed by atoms with Gasteiger partial charge in [-0.1, -0.05) is 48.5 Å². The summed E-state index contributed by atoms with van der Waals surface area (Å²) in [5.74, 6) is -1.02. The molecule has 2 aliphatic heterocycles. The number of likely N-dealkylation sites (tertiary alicyclic amines) is 1. The molecule has 3 fully saturated rings. The molecule has 5 rings (SSSR count). The summed E-state index contributed by atoms with van der Waals surface area (Å²) in [6.07, 6.45) is 1.51. The van der Waals surface area contributed by atoms with E-state index in [2.05, 4.69) is 4.72 Å². The predicted octanol–water partition coefficient (Wildman–Crippen LogP) is 2.92. The summed E-state index contributed by atoms with van der Waals surface area (Å²) in [6.45, 7) is 0.470. The van der Waals surface area contributed by atoms with Crippen molar-refractivity contribution in [3.63, 3.8) is 0 Å². The standard InChI is InChI=1S/C25H25F2N3O4S/c26-16-35(32,33)29-22-20(13-18-7-4-8-19(21(18)27)17-5-2-1-3-6-17)30(15-24(22)9-10-24)23(31)25(14-28)11-12-34-25/h1-8,20,22,29H,9-13,15-16H2/t20-,22+,25+/m0/s1. The van der Waals surface area contributed by atoms with Crippen LogP contribution in [0.3, 0.4) is 0 Å². The molecule has 0 aromatic heterocycles. The summed E-state index contributed by atoms with van der Waals surface area (Å²) in [6, 6.07) is 12.7. The lowest BCUT2D eigenvalue weighted by molar-refractivity contribution is -0.172. The van der Waals surface area contributed by atoms with Gasteiger partial charge in [-0.2, -0.15) is 5.26 Å². The molecule has 2 saturated heterocycles. The summed E-state index contributed by atoms with van der Waals surface area (Å²) < 4.78 is 61.2. The molecule has 0 unspecified atom stereocenters. The normalized spacial score (nSPS) is 26.8. The van der Waals surface area contributed by atoms with E-state index >= 15 is 4.39 Å². The summed E-state index contributed by atoms with van der Waals surface area (Å²) in [5.41, 5.74) is -0.817. The van der Waals surface area contributed by atoms with Crippen LogP contribution in [0.15, 0.2) is 48.5 Å². The Labute approximate surface area is 202 Å². The van der Waals surface area contributed by atoms with Crippen molar-refractivity contribution in [2.75, 3.05) is 19.2 Å². The third-order valence-corrected chi connectivity index (χ3v) is 8.35. The lowest BCUT2D eigenvalue weighted by Gasteiger charge is -2.39. The van der Waals surface area contributed by atoms with Gasteiger partial charge in [0.25, 0.3) is 5.91 Å². The lowest BCUT2D eigenvalue weighted by atomic mass is 9.90. The highest BCUT2D eigenvalue weighted by Crippen LogP contribution is 2.56. The van der Waals surface area contributed by atoms with Crippen molar-refractivity contribution in [3.05, 3.63) is 59.9 Å². The average molecular weight is 502 g/mol. The third-order valence-electron chi connectivity index (χ3n) is 7.45. The van der Waals surface area contributed by atoms with Gasteiger partial charge >= 0.3 is 0 Å². The number of ether oxygens (including phenoxy) is 1. The Bertz CT molecular complexity index is 1290. The lowest BCUT2D eigenvalue weighted by Crippen LogP contribution is -2.59. The van der Waals surface area contributed by atoms with Gasteiger partial charge in [0, 0.05) is 30.0 Å². The van der Waals surface area contributed by atoms with Gasteiger partial charge in [0.2, 0.25) is 21.6 Å². The molecule has 184 valence electrons. The van der Waals surface area contributed by atoms with Gasteiger partial charge in [0.15, 0.2) is 0 Å². The Morgan fingerprint density at radius 2 is 1.89 bits per heavy atom. The van der Waals surface area contributed by atoms with Gasteiger partial charge in [-0.3, -0.25) is 4.79 Å². The average Bonchev–Trinajstić information content (AvgIpc) is 3.55. The SMILES string of the molecule is N#C[C@@]1(C(=O)N2CC3(CC3)[C@H](NS(=O)(=O)CF)[C@@H]2Cc2cccc(-c3ccccc3)c2F)CCO1. The number of sulfonamides is 1. The van der Waals surface area contributed by atoms with Gasteiger partial charge in [-0.05, 0) is 30.4 Å². The molecule has 0 bridgehead atoms. The quantitative estimate of drug-likeness (QED) is 0.629. The number of alkyl halides is 1. The van der Waals surface area contributed by atoms with Gasteiger partial charge in [0.1, 0.15) is 11.9 Å². The van der Waals surface area contributed by atoms with Gasteiger partial charge in [-0.15, -0.1) is 0 Å². The molecule has 1 spiro atoms. The Balaban J connectivity index is 1.54. The number of carbonyl (C=O) groups is 1. The highest BCUT2D eigenvalue weighted by Gasteiger charge is 2.64. The van der Waals surface area contributed by atoms with Gasteiger partial charge < -0.3 is 9.64 Å². The number of carbonyl (C=O) groups excluding carboxylic acids is 1. The van der Waals surface area contributed by atoms with Crippen molar-refractivity contribution in [3.8, 4) is 17.2 Å². The third kappa shape index (κ3) is 4.11. The zero-order valence-corrected chi connectivity index (χ0v) is 19.7. The zero-order valence-electron chi connectivity index (χ0n) is 18.9. The molecule has 10 heteroatoms. The second-order valence-electron chi connectivity index (χ2n) is 9.57. The predicted molar refractivity (Wildman–Crippen MR) is 123 cm³/mol. The van der Waals surface area contributed by atoms with E-state index in [1.807, 2.05) is 12.1 Å². The monoisotopic (exact) mass is 501 g/mol. The maximum atomic E-state index is 15.7. The van der Waals surface area contributed by atoms with E-state index < -0.39 is 50.9 Å². The van der Waals surface area contributed by atoms with Crippen LogP contribution in [0.5, 0.6) is 0 Å². The number of halogens is 2. The molecule has 1 N–H and O–H groups in total. The smallest absolute Gasteiger partial charge is 0.270 e. The van der Waals surface area contributed by atoms with Crippen molar-refractivity contribution in [1.82, 2.24) is 9.62 Å². The summed E-state index contributed by atoms with van der Waals surface area (Å²) in [5, 5.41) is 9.64. The maximum Gasteiger partial charge on any atom is 0.270 e. The van der Waals surface area contributed by atoms with Crippen molar-refractivity contribution >= 4 is 15.9 Å². The van der Waals surface area contributed by atoms with Crippen LogP contribution >= 0.6 is 0 Å². The highest BCUT2D eigenvalue weighted by atomic mass is 32.2. The minimum absolute atomic E-state index is 0.000970. The van der Waals surface area contributed by atoms with Crippen molar-refractivity contribution in [1.29, 1.82) is 5.26 Å². The Morgan fingerprint density at radius 1 is 1.17 bits per heavy atom. The molecule has 7 nitrogen and oxygen atoms in total. The number of nitrogens with one attached hydrogen (secondary N) is 1. The first kappa shape index (κ1) is 23.9. The van der Waals surface area contributed by atoms with Crippen molar-refractivity contribution < 1.29 is 26.7 Å². The van der Waals surface area contributed by atoms with Crippen LogP contribution in [-0.4, -0.2) is 56.1 Å². The molecule has 3 aliphatic rings. The zero-order chi connectivity index (χ0) is 24.8. The molecule has 1 aliphatic carbocycles. The van der Waals surface area contributed by atoms with E-state index in [0.29, 0.717) is 29.5 Å². The number of hydrogen-bond donors (Lipinski definition) is 1. The largest absolute Gasteiger partial charge is 0.352 e. The minimum atomic E-state index is -4.25. The molecule has 3 atom stereocenters. The van der Waals surface area contributed by atoms with E-state index in [0.717, 1.165) is 0 Å². The van der Waals surface area contributed by atoms with Crippen LogP contribution in [0.1, 0.15) is 24.8 Å². The minimum Gasteiger partial charge on any atom is -0.352 e. The molecule has 2 aromatic carbocycles. The first-order chi connectivity index (χ1) is 16.7. The van der Waals surface area contributed by atoms with Crippen LogP contribution in [0, 0.1) is 22.6 Å². The summed E-state index contributed by atoms with van der Waals surface area (Å²) in [7, 11) is -4.25. The summed E-state index contributed by atoms with van der Waals surface area (Å²) >= 11 is 0. The summed E-state index contributed by atoms with van der Waals surface area (Å²) in [4.78, 5) is 14.9. The van der Waals surface area contributed by atoms with E-state index in [1.54, 1.807) is 42.5 Å². The van der Waals surface area contributed by atoms with Crippen LogP contribution < -0.4 is 4.72 Å². The number of hydrogen-bond acceptors (Lipinski definition) is 5. The van der Waals surface area contributed by atoms with Gasteiger partial charge in [-0.25, -0.2) is 21.9 Å². The first-order valence-corrected chi connectivity index (χ1v) is 13.1.